The highest BCUT2D eigenvalue weighted by Gasteiger charge is 2.22. The van der Waals surface area contributed by atoms with E-state index in [1.807, 2.05) is 0 Å². The minimum atomic E-state index is 0.639. The van der Waals surface area contributed by atoms with Gasteiger partial charge in [0.1, 0.15) is 0 Å². The van der Waals surface area contributed by atoms with Crippen LogP contribution in [-0.2, 0) is 11.2 Å². The molecule has 1 aromatic carbocycles. The van der Waals surface area contributed by atoms with Gasteiger partial charge in [0.2, 0.25) is 0 Å². The third kappa shape index (κ3) is 2.53. The normalized spacial score (nSPS) is 28.7. The lowest BCUT2D eigenvalue weighted by atomic mass is 9.88. The monoisotopic (exact) mass is 231 g/mol. The lowest BCUT2D eigenvalue weighted by Gasteiger charge is -2.16. The van der Waals surface area contributed by atoms with Crippen LogP contribution in [0.1, 0.15) is 29.9 Å². The molecule has 2 aliphatic rings. The fourth-order valence-electron chi connectivity index (χ4n) is 3.10. The Morgan fingerprint density at radius 1 is 1.24 bits per heavy atom. The number of benzene rings is 1. The lowest BCUT2D eigenvalue weighted by molar-refractivity contribution is 0.194. The van der Waals surface area contributed by atoms with Crippen LogP contribution < -0.4 is 5.32 Å². The van der Waals surface area contributed by atoms with Gasteiger partial charge in [0.05, 0.1) is 6.61 Å². The van der Waals surface area contributed by atoms with Crippen molar-refractivity contribution in [3.05, 3.63) is 35.4 Å². The van der Waals surface area contributed by atoms with E-state index in [0.717, 1.165) is 19.1 Å². The largest absolute Gasteiger partial charge is 0.381 e. The van der Waals surface area contributed by atoms with Crippen LogP contribution in [0.15, 0.2) is 24.3 Å². The maximum absolute atomic E-state index is 5.52. The number of hydrogen-bond donors (Lipinski definition) is 1. The van der Waals surface area contributed by atoms with E-state index in [4.69, 9.17) is 4.74 Å². The Morgan fingerprint density at radius 2 is 2.18 bits per heavy atom. The van der Waals surface area contributed by atoms with Gasteiger partial charge in [-0.15, -0.1) is 0 Å². The summed E-state index contributed by atoms with van der Waals surface area (Å²) in [6.07, 6.45) is 3.76. The van der Waals surface area contributed by atoms with Gasteiger partial charge in [-0.2, -0.15) is 0 Å². The summed E-state index contributed by atoms with van der Waals surface area (Å²) < 4.78 is 5.52. The van der Waals surface area contributed by atoms with Crippen LogP contribution in [-0.4, -0.2) is 26.3 Å². The molecule has 3 rings (SSSR count). The second-order valence-electron chi connectivity index (χ2n) is 5.32. The van der Waals surface area contributed by atoms with Crippen molar-refractivity contribution < 1.29 is 4.74 Å². The first-order chi connectivity index (χ1) is 8.43. The molecule has 0 bridgehead atoms. The molecule has 17 heavy (non-hydrogen) atoms. The Kier molecular flexibility index (Phi) is 3.44. The van der Waals surface area contributed by atoms with Crippen molar-refractivity contribution in [3.8, 4) is 0 Å². The van der Waals surface area contributed by atoms with Crippen molar-refractivity contribution >= 4 is 0 Å². The van der Waals surface area contributed by atoms with E-state index in [1.54, 1.807) is 5.56 Å². The van der Waals surface area contributed by atoms with Crippen LogP contribution in [0.2, 0.25) is 0 Å². The van der Waals surface area contributed by atoms with Crippen molar-refractivity contribution in [1.82, 2.24) is 5.32 Å². The van der Waals surface area contributed by atoms with Gasteiger partial charge in [-0.25, -0.2) is 0 Å². The maximum atomic E-state index is 5.52. The zero-order chi connectivity index (χ0) is 11.5. The standard InChI is InChI=1S/C15H21NO/c1-2-4-15(14-6-8-17-11-14)13(3-1)9-12-5-7-16-10-12/h1-4,12,14,16H,5-11H2. The second kappa shape index (κ2) is 5.19. The molecule has 2 fully saturated rings. The summed E-state index contributed by atoms with van der Waals surface area (Å²) in [4.78, 5) is 0. The average Bonchev–Trinajstić information content (AvgIpc) is 3.01. The third-order valence-electron chi connectivity index (χ3n) is 4.10. The zero-order valence-corrected chi connectivity index (χ0v) is 10.3. The Bertz CT molecular complexity index is 365. The van der Waals surface area contributed by atoms with E-state index in [1.165, 1.54) is 37.9 Å². The Balaban J connectivity index is 1.77. The molecule has 2 heterocycles. The molecule has 0 radical (unpaired) electrons. The van der Waals surface area contributed by atoms with Crippen LogP contribution in [0.3, 0.4) is 0 Å². The quantitative estimate of drug-likeness (QED) is 0.862. The molecule has 0 spiro atoms. The molecule has 2 nitrogen and oxygen atoms in total. The minimum absolute atomic E-state index is 0.639. The summed E-state index contributed by atoms with van der Waals surface area (Å²) >= 11 is 0. The summed E-state index contributed by atoms with van der Waals surface area (Å²) in [5.74, 6) is 1.47. The van der Waals surface area contributed by atoms with E-state index in [2.05, 4.69) is 29.6 Å². The van der Waals surface area contributed by atoms with Gasteiger partial charge in [0, 0.05) is 12.5 Å². The highest BCUT2D eigenvalue weighted by Crippen LogP contribution is 2.29. The molecule has 92 valence electrons. The fourth-order valence-corrected chi connectivity index (χ4v) is 3.10. The van der Waals surface area contributed by atoms with E-state index >= 15 is 0 Å². The van der Waals surface area contributed by atoms with Crippen molar-refractivity contribution in [2.75, 3.05) is 26.3 Å². The van der Waals surface area contributed by atoms with Crippen molar-refractivity contribution in [3.63, 3.8) is 0 Å². The molecule has 2 aliphatic heterocycles. The summed E-state index contributed by atoms with van der Waals surface area (Å²) in [7, 11) is 0. The van der Waals surface area contributed by atoms with Gasteiger partial charge in [0.15, 0.2) is 0 Å². The number of nitrogens with one attached hydrogen (secondary N) is 1. The molecule has 1 aromatic rings. The summed E-state index contributed by atoms with van der Waals surface area (Å²) in [5, 5.41) is 3.46. The Morgan fingerprint density at radius 3 is 2.94 bits per heavy atom. The van der Waals surface area contributed by atoms with Gasteiger partial charge < -0.3 is 10.1 Å². The minimum Gasteiger partial charge on any atom is -0.381 e. The summed E-state index contributed by atoms with van der Waals surface area (Å²) in [5.41, 5.74) is 3.09. The van der Waals surface area contributed by atoms with Crippen molar-refractivity contribution in [2.24, 2.45) is 5.92 Å². The Hall–Kier alpha value is -0.860. The molecule has 2 atom stereocenters. The van der Waals surface area contributed by atoms with E-state index in [0.29, 0.717) is 5.92 Å². The van der Waals surface area contributed by atoms with Gasteiger partial charge in [-0.1, -0.05) is 24.3 Å². The maximum Gasteiger partial charge on any atom is 0.0535 e. The predicted octanol–water partition coefficient (Wildman–Crippen LogP) is 2.34. The van der Waals surface area contributed by atoms with Gasteiger partial charge in [0.25, 0.3) is 0 Å². The first-order valence-electron chi connectivity index (χ1n) is 6.80. The van der Waals surface area contributed by atoms with Gasteiger partial charge in [-0.05, 0) is 49.4 Å². The molecular weight excluding hydrogens is 210 g/mol. The molecule has 0 aliphatic carbocycles. The summed E-state index contributed by atoms with van der Waals surface area (Å²) in [6, 6.07) is 8.96. The molecule has 0 saturated carbocycles. The van der Waals surface area contributed by atoms with Gasteiger partial charge in [-0.3, -0.25) is 0 Å². The SMILES string of the molecule is c1ccc(C2CCOC2)c(CC2CCNC2)c1. The fraction of sp³-hybridized carbons (Fsp3) is 0.600. The summed E-state index contributed by atoms with van der Waals surface area (Å²) in [6.45, 7) is 4.23. The van der Waals surface area contributed by atoms with Crippen LogP contribution >= 0.6 is 0 Å². The highest BCUT2D eigenvalue weighted by molar-refractivity contribution is 5.31. The third-order valence-corrected chi connectivity index (χ3v) is 4.10. The van der Waals surface area contributed by atoms with E-state index in [9.17, 15) is 0 Å². The molecule has 0 amide bonds. The number of rotatable bonds is 3. The first-order valence-corrected chi connectivity index (χ1v) is 6.80. The van der Waals surface area contributed by atoms with Crippen LogP contribution in [0, 0.1) is 5.92 Å². The molecular formula is C15H21NO. The van der Waals surface area contributed by atoms with Crippen LogP contribution in [0.25, 0.3) is 0 Å². The van der Waals surface area contributed by atoms with Crippen LogP contribution in [0.5, 0.6) is 0 Å². The zero-order valence-electron chi connectivity index (χ0n) is 10.3. The average molecular weight is 231 g/mol. The predicted molar refractivity (Wildman–Crippen MR) is 69.3 cm³/mol. The molecule has 2 heteroatoms. The molecule has 1 N–H and O–H groups in total. The van der Waals surface area contributed by atoms with Crippen molar-refractivity contribution in [2.45, 2.75) is 25.2 Å². The topological polar surface area (TPSA) is 21.3 Å². The van der Waals surface area contributed by atoms with Gasteiger partial charge >= 0.3 is 0 Å². The second-order valence-corrected chi connectivity index (χ2v) is 5.32. The number of ether oxygens (including phenoxy) is 1. The highest BCUT2D eigenvalue weighted by atomic mass is 16.5. The molecule has 0 aromatic heterocycles. The lowest BCUT2D eigenvalue weighted by Crippen LogP contribution is -2.12. The number of hydrogen-bond acceptors (Lipinski definition) is 2. The molecule has 2 unspecified atom stereocenters. The Labute approximate surface area is 103 Å². The van der Waals surface area contributed by atoms with E-state index in [-0.39, 0.29) is 0 Å². The van der Waals surface area contributed by atoms with E-state index < -0.39 is 0 Å². The smallest absolute Gasteiger partial charge is 0.0535 e. The van der Waals surface area contributed by atoms with Crippen LogP contribution in [0.4, 0.5) is 0 Å². The molecule has 2 saturated heterocycles. The van der Waals surface area contributed by atoms with Crippen molar-refractivity contribution in [1.29, 1.82) is 0 Å². The first kappa shape index (κ1) is 11.2.